The molecule has 134 valence electrons. The number of nitrogens with zero attached hydrogens (tertiary/aromatic N) is 2. The maximum Gasteiger partial charge on any atom is 0.243 e. The molecule has 1 aliphatic heterocycles. The topological polar surface area (TPSA) is 40.6 Å². The quantitative estimate of drug-likeness (QED) is 0.841. The van der Waals surface area contributed by atoms with Crippen molar-refractivity contribution in [3.63, 3.8) is 0 Å². The number of benzene rings is 2. The zero-order chi connectivity index (χ0) is 18.2. The second-order valence-electron chi connectivity index (χ2n) is 6.54. The van der Waals surface area contributed by atoms with Crippen molar-refractivity contribution >= 4 is 15.7 Å². The van der Waals surface area contributed by atoms with Gasteiger partial charge in [-0.1, -0.05) is 18.2 Å². The minimum Gasteiger partial charge on any atom is -0.367 e. The molecule has 4 nitrogen and oxygen atoms in total. The molecule has 2 aromatic rings. The summed E-state index contributed by atoms with van der Waals surface area (Å²) in [6.07, 6.45) is 0. The SMILES string of the molecule is Cc1cc(C)c(S(=O)(=O)N2CCN(c3ccccc3F)CC2)cc1C. The zero-order valence-corrected chi connectivity index (χ0v) is 15.6. The van der Waals surface area contributed by atoms with E-state index >= 15 is 0 Å². The Labute approximate surface area is 148 Å². The van der Waals surface area contributed by atoms with Crippen LogP contribution in [0.4, 0.5) is 10.1 Å². The van der Waals surface area contributed by atoms with Gasteiger partial charge in [0.05, 0.1) is 10.6 Å². The molecule has 0 saturated carbocycles. The third-order valence-electron chi connectivity index (χ3n) is 4.84. The van der Waals surface area contributed by atoms with Crippen molar-refractivity contribution < 1.29 is 12.8 Å². The molecule has 1 heterocycles. The van der Waals surface area contributed by atoms with Gasteiger partial charge in [0, 0.05) is 26.2 Å². The number of rotatable bonds is 3. The van der Waals surface area contributed by atoms with Gasteiger partial charge in [-0.05, 0) is 55.7 Å². The first kappa shape index (κ1) is 17.9. The molecule has 0 unspecified atom stereocenters. The summed E-state index contributed by atoms with van der Waals surface area (Å²) in [5.41, 5.74) is 3.34. The van der Waals surface area contributed by atoms with E-state index in [4.69, 9.17) is 0 Å². The summed E-state index contributed by atoms with van der Waals surface area (Å²) in [7, 11) is -3.53. The predicted octanol–water partition coefficient (Wildman–Crippen LogP) is 3.26. The molecular formula is C19H23FN2O2S. The van der Waals surface area contributed by atoms with Crippen LogP contribution in [0.3, 0.4) is 0 Å². The summed E-state index contributed by atoms with van der Waals surface area (Å²) in [5, 5.41) is 0. The van der Waals surface area contributed by atoms with E-state index < -0.39 is 10.0 Å². The fourth-order valence-electron chi connectivity index (χ4n) is 3.23. The highest BCUT2D eigenvalue weighted by molar-refractivity contribution is 7.89. The molecule has 25 heavy (non-hydrogen) atoms. The molecule has 0 atom stereocenters. The molecule has 0 bridgehead atoms. The van der Waals surface area contributed by atoms with Crippen LogP contribution in [0.25, 0.3) is 0 Å². The Bertz CT molecular complexity index is 888. The van der Waals surface area contributed by atoms with Gasteiger partial charge in [-0.15, -0.1) is 0 Å². The van der Waals surface area contributed by atoms with Gasteiger partial charge in [0.25, 0.3) is 0 Å². The molecule has 0 radical (unpaired) electrons. The van der Waals surface area contributed by atoms with Gasteiger partial charge in [-0.25, -0.2) is 12.8 Å². The van der Waals surface area contributed by atoms with Crippen LogP contribution in [0.5, 0.6) is 0 Å². The van der Waals surface area contributed by atoms with E-state index in [1.165, 1.54) is 10.4 Å². The molecule has 6 heteroatoms. The molecule has 2 aromatic carbocycles. The lowest BCUT2D eigenvalue weighted by atomic mass is 10.1. The Hall–Kier alpha value is -1.92. The number of sulfonamides is 1. The number of piperazine rings is 1. The normalized spacial score (nSPS) is 16.2. The Kier molecular flexibility index (Phi) is 4.84. The molecular weight excluding hydrogens is 339 g/mol. The molecule has 0 aliphatic carbocycles. The van der Waals surface area contributed by atoms with E-state index in [0.717, 1.165) is 16.7 Å². The van der Waals surface area contributed by atoms with Crippen molar-refractivity contribution in [3.8, 4) is 0 Å². The van der Waals surface area contributed by atoms with E-state index in [2.05, 4.69) is 0 Å². The maximum atomic E-state index is 13.9. The predicted molar refractivity (Wildman–Crippen MR) is 98.0 cm³/mol. The molecule has 1 aliphatic rings. The molecule has 1 saturated heterocycles. The van der Waals surface area contributed by atoms with Crippen LogP contribution in [0.1, 0.15) is 16.7 Å². The molecule has 1 fully saturated rings. The maximum absolute atomic E-state index is 13.9. The lowest BCUT2D eigenvalue weighted by Crippen LogP contribution is -2.49. The second kappa shape index (κ2) is 6.77. The van der Waals surface area contributed by atoms with Gasteiger partial charge in [0.2, 0.25) is 10.0 Å². The van der Waals surface area contributed by atoms with Gasteiger partial charge in [-0.3, -0.25) is 0 Å². The third-order valence-corrected chi connectivity index (χ3v) is 6.88. The minimum absolute atomic E-state index is 0.274. The van der Waals surface area contributed by atoms with E-state index in [1.54, 1.807) is 24.3 Å². The van der Waals surface area contributed by atoms with E-state index in [0.29, 0.717) is 36.8 Å². The largest absolute Gasteiger partial charge is 0.367 e. The molecule has 3 rings (SSSR count). The highest BCUT2D eigenvalue weighted by Gasteiger charge is 2.30. The Morgan fingerprint density at radius 3 is 2.12 bits per heavy atom. The number of anilines is 1. The summed E-state index contributed by atoms with van der Waals surface area (Å²) in [6.45, 7) is 7.38. The lowest BCUT2D eigenvalue weighted by molar-refractivity contribution is 0.383. The fraction of sp³-hybridized carbons (Fsp3) is 0.368. The first-order chi connectivity index (χ1) is 11.8. The first-order valence-electron chi connectivity index (χ1n) is 8.38. The third kappa shape index (κ3) is 3.41. The summed E-state index contributed by atoms with van der Waals surface area (Å²) >= 11 is 0. The highest BCUT2D eigenvalue weighted by Crippen LogP contribution is 2.26. The van der Waals surface area contributed by atoms with Crippen LogP contribution in [-0.2, 0) is 10.0 Å². The van der Waals surface area contributed by atoms with Crippen molar-refractivity contribution in [2.75, 3.05) is 31.1 Å². The highest BCUT2D eigenvalue weighted by atomic mass is 32.2. The van der Waals surface area contributed by atoms with Gasteiger partial charge in [0.15, 0.2) is 0 Å². The number of halogens is 1. The van der Waals surface area contributed by atoms with Crippen LogP contribution >= 0.6 is 0 Å². The summed E-state index contributed by atoms with van der Waals surface area (Å²) in [6, 6.07) is 10.3. The molecule has 0 amide bonds. The van der Waals surface area contributed by atoms with Crippen molar-refractivity contribution in [1.82, 2.24) is 4.31 Å². The second-order valence-corrected chi connectivity index (χ2v) is 8.45. The Morgan fingerprint density at radius 1 is 0.880 bits per heavy atom. The average Bonchev–Trinajstić information content (AvgIpc) is 2.58. The monoisotopic (exact) mass is 362 g/mol. The van der Waals surface area contributed by atoms with Crippen molar-refractivity contribution in [3.05, 3.63) is 58.9 Å². The van der Waals surface area contributed by atoms with Crippen LogP contribution in [0.2, 0.25) is 0 Å². The summed E-state index contributed by atoms with van der Waals surface area (Å²) in [5.74, 6) is -0.274. The number of hydrogen-bond donors (Lipinski definition) is 0. The molecule has 0 N–H and O–H groups in total. The standard InChI is InChI=1S/C19H23FN2O2S/c1-14-12-16(3)19(13-15(14)2)25(23,24)22-10-8-21(9-11-22)18-7-5-4-6-17(18)20/h4-7,12-13H,8-11H2,1-3H3. The minimum atomic E-state index is -3.53. The van der Waals surface area contributed by atoms with E-state index in [-0.39, 0.29) is 5.82 Å². The van der Waals surface area contributed by atoms with Crippen LogP contribution in [0, 0.1) is 26.6 Å². The average molecular weight is 362 g/mol. The lowest BCUT2D eigenvalue weighted by Gasteiger charge is -2.35. The van der Waals surface area contributed by atoms with Crippen molar-refractivity contribution in [1.29, 1.82) is 0 Å². The Balaban J connectivity index is 1.81. The van der Waals surface area contributed by atoms with Gasteiger partial charge < -0.3 is 4.90 Å². The van der Waals surface area contributed by atoms with E-state index in [9.17, 15) is 12.8 Å². The van der Waals surface area contributed by atoms with E-state index in [1.807, 2.05) is 31.7 Å². The zero-order valence-electron chi connectivity index (χ0n) is 14.8. The summed E-state index contributed by atoms with van der Waals surface area (Å²) in [4.78, 5) is 2.27. The fourth-order valence-corrected chi connectivity index (χ4v) is 4.94. The number of aryl methyl sites for hydroxylation is 3. The summed E-state index contributed by atoms with van der Waals surface area (Å²) < 4.78 is 41.5. The first-order valence-corrected chi connectivity index (χ1v) is 9.82. The smallest absolute Gasteiger partial charge is 0.243 e. The van der Waals surface area contributed by atoms with Crippen LogP contribution in [-0.4, -0.2) is 38.9 Å². The van der Waals surface area contributed by atoms with Crippen LogP contribution < -0.4 is 4.90 Å². The molecule has 0 aromatic heterocycles. The van der Waals surface area contributed by atoms with Gasteiger partial charge >= 0.3 is 0 Å². The van der Waals surface area contributed by atoms with Crippen LogP contribution in [0.15, 0.2) is 41.3 Å². The number of para-hydroxylation sites is 1. The van der Waals surface area contributed by atoms with Gasteiger partial charge in [-0.2, -0.15) is 4.31 Å². The van der Waals surface area contributed by atoms with Crippen molar-refractivity contribution in [2.45, 2.75) is 25.7 Å². The number of hydrogen-bond acceptors (Lipinski definition) is 3. The Morgan fingerprint density at radius 2 is 1.48 bits per heavy atom. The van der Waals surface area contributed by atoms with Crippen molar-refractivity contribution in [2.24, 2.45) is 0 Å². The molecule has 0 spiro atoms. The van der Waals surface area contributed by atoms with Gasteiger partial charge in [0.1, 0.15) is 5.82 Å².